The number of hydrogen-bond donors (Lipinski definition) is 1. The monoisotopic (exact) mass is 324 g/mol. The number of hydrogen-bond acceptors (Lipinski definition) is 3. The van der Waals surface area contributed by atoms with Gasteiger partial charge in [0, 0.05) is 43.7 Å². The summed E-state index contributed by atoms with van der Waals surface area (Å²) in [5, 5.41) is 3.66. The highest BCUT2D eigenvalue weighted by Crippen LogP contribution is 2.42. The molecule has 1 atom stereocenters. The van der Waals surface area contributed by atoms with Gasteiger partial charge in [0.2, 0.25) is 0 Å². The summed E-state index contributed by atoms with van der Waals surface area (Å²) in [7, 11) is 4.17. The molecule has 2 saturated heterocycles. The number of nitrogens with zero attached hydrogens (tertiary/aromatic N) is 3. The third kappa shape index (κ3) is 3.91. The molecule has 126 valence electrons. The van der Waals surface area contributed by atoms with Crippen molar-refractivity contribution in [1.82, 2.24) is 15.1 Å². The molecular weight excluding hydrogens is 292 g/mol. The quantitative estimate of drug-likeness (QED) is 0.623. The van der Waals surface area contributed by atoms with Crippen LogP contribution in [0.25, 0.3) is 0 Å². The van der Waals surface area contributed by atoms with Crippen LogP contribution in [-0.2, 0) is 0 Å². The number of likely N-dealkylation sites (tertiary alicyclic amines) is 1. The molecule has 3 fully saturated rings. The van der Waals surface area contributed by atoms with Crippen LogP contribution in [0.5, 0.6) is 0 Å². The van der Waals surface area contributed by atoms with Crippen LogP contribution >= 0.6 is 11.8 Å². The van der Waals surface area contributed by atoms with Crippen LogP contribution in [0.15, 0.2) is 4.99 Å². The van der Waals surface area contributed by atoms with Crippen molar-refractivity contribution >= 4 is 17.7 Å². The number of aliphatic imine (C=N–C) groups is 1. The van der Waals surface area contributed by atoms with Crippen molar-refractivity contribution in [3.8, 4) is 0 Å². The normalized spacial score (nSPS) is 30.0. The minimum Gasteiger partial charge on any atom is -0.356 e. The Balaban J connectivity index is 1.54. The molecular formula is C17H32N4S. The fraction of sp³-hybridized carbons (Fsp3) is 0.941. The largest absolute Gasteiger partial charge is 0.356 e. The van der Waals surface area contributed by atoms with E-state index in [0.29, 0.717) is 4.75 Å². The van der Waals surface area contributed by atoms with Crippen LogP contribution in [0.2, 0.25) is 0 Å². The molecule has 1 spiro atoms. The molecule has 1 aliphatic carbocycles. The van der Waals surface area contributed by atoms with E-state index in [1.165, 1.54) is 63.9 Å². The van der Waals surface area contributed by atoms with E-state index in [0.717, 1.165) is 25.0 Å². The summed E-state index contributed by atoms with van der Waals surface area (Å²) < 4.78 is 0.516. The number of rotatable bonds is 2. The highest BCUT2D eigenvalue weighted by Gasteiger charge is 2.38. The lowest BCUT2D eigenvalue weighted by molar-refractivity contribution is 0.292. The zero-order valence-corrected chi connectivity index (χ0v) is 15.1. The topological polar surface area (TPSA) is 30.9 Å². The highest BCUT2D eigenvalue weighted by atomic mass is 32.2. The SMILES string of the molecule is CN=C(NCC1CCN(C)C1)N1CCSC2(CCCCC2)C1. The second-order valence-electron chi connectivity index (χ2n) is 7.36. The van der Waals surface area contributed by atoms with Gasteiger partial charge >= 0.3 is 0 Å². The molecule has 3 rings (SSSR count). The Bertz CT molecular complexity index is 387. The Morgan fingerprint density at radius 1 is 1.27 bits per heavy atom. The van der Waals surface area contributed by atoms with Gasteiger partial charge in [-0.1, -0.05) is 19.3 Å². The minimum absolute atomic E-state index is 0.516. The molecule has 22 heavy (non-hydrogen) atoms. The maximum absolute atomic E-state index is 4.58. The van der Waals surface area contributed by atoms with Gasteiger partial charge in [0.25, 0.3) is 0 Å². The molecule has 4 nitrogen and oxygen atoms in total. The number of thioether (sulfide) groups is 1. The predicted octanol–water partition coefficient (Wildman–Crippen LogP) is 2.27. The van der Waals surface area contributed by atoms with Gasteiger partial charge in [-0.05, 0) is 38.8 Å². The second-order valence-corrected chi connectivity index (χ2v) is 8.92. The summed E-state index contributed by atoms with van der Waals surface area (Å²) in [6, 6.07) is 0. The highest BCUT2D eigenvalue weighted by molar-refractivity contribution is 8.00. The molecule has 0 amide bonds. The van der Waals surface area contributed by atoms with E-state index in [4.69, 9.17) is 0 Å². The summed E-state index contributed by atoms with van der Waals surface area (Å²) in [5.41, 5.74) is 0. The van der Waals surface area contributed by atoms with E-state index in [2.05, 4.69) is 38.9 Å². The molecule has 0 bridgehead atoms. The van der Waals surface area contributed by atoms with E-state index in [-0.39, 0.29) is 0 Å². The van der Waals surface area contributed by atoms with Crippen LogP contribution in [0.3, 0.4) is 0 Å². The Kier molecular flexibility index (Phi) is 5.55. The average molecular weight is 325 g/mol. The lowest BCUT2D eigenvalue weighted by atomic mass is 9.87. The first-order chi connectivity index (χ1) is 10.7. The van der Waals surface area contributed by atoms with Gasteiger partial charge in [-0.25, -0.2) is 0 Å². The third-order valence-electron chi connectivity index (χ3n) is 5.56. The van der Waals surface area contributed by atoms with E-state index in [1.807, 2.05) is 7.05 Å². The standard InChI is InChI=1S/C17H32N4S/c1-18-16(19-12-15-6-9-20(2)13-15)21-10-11-22-17(14-21)7-4-3-5-8-17/h15H,3-14H2,1-2H3,(H,18,19). The molecule has 5 heteroatoms. The Morgan fingerprint density at radius 3 is 2.77 bits per heavy atom. The molecule has 1 unspecified atom stereocenters. The average Bonchev–Trinajstić information content (AvgIpc) is 2.94. The Labute approximate surface area is 140 Å². The van der Waals surface area contributed by atoms with Crippen molar-refractivity contribution < 1.29 is 0 Å². The van der Waals surface area contributed by atoms with E-state index in [1.54, 1.807) is 0 Å². The van der Waals surface area contributed by atoms with Gasteiger partial charge < -0.3 is 15.1 Å². The Morgan fingerprint density at radius 2 is 2.09 bits per heavy atom. The van der Waals surface area contributed by atoms with Gasteiger partial charge in [0.05, 0.1) is 0 Å². The van der Waals surface area contributed by atoms with E-state index < -0.39 is 0 Å². The van der Waals surface area contributed by atoms with Crippen LogP contribution in [0.1, 0.15) is 38.5 Å². The van der Waals surface area contributed by atoms with Crippen LogP contribution in [-0.4, -0.2) is 73.1 Å². The molecule has 3 aliphatic rings. The second kappa shape index (κ2) is 7.43. The van der Waals surface area contributed by atoms with Crippen LogP contribution in [0, 0.1) is 5.92 Å². The molecule has 0 radical (unpaired) electrons. The van der Waals surface area contributed by atoms with Crippen molar-refractivity contribution in [2.24, 2.45) is 10.9 Å². The zero-order valence-electron chi connectivity index (χ0n) is 14.3. The summed E-state index contributed by atoms with van der Waals surface area (Å²) >= 11 is 2.23. The van der Waals surface area contributed by atoms with Gasteiger partial charge in [-0.15, -0.1) is 0 Å². The molecule has 0 aromatic heterocycles. The first-order valence-corrected chi connectivity index (χ1v) is 9.97. The maximum atomic E-state index is 4.58. The first-order valence-electron chi connectivity index (χ1n) is 8.99. The van der Waals surface area contributed by atoms with Crippen molar-refractivity contribution in [1.29, 1.82) is 0 Å². The third-order valence-corrected chi connectivity index (χ3v) is 7.10. The number of nitrogens with one attached hydrogen (secondary N) is 1. The predicted molar refractivity (Wildman–Crippen MR) is 96.8 cm³/mol. The van der Waals surface area contributed by atoms with Crippen molar-refractivity contribution in [3.05, 3.63) is 0 Å². The maximum Gasteiger partial charge on any atom is 0.193 e. The summed E-state index contributed by atoms with van der Waals surface area (Å²) in [6.45, 7) is 5.89. The molecule has 2 aliphatic heterocycles. The lowest BCUT2D eigenvalue weighted by Crippen LogP contribution is -2.54. The molecule has 1 N–H and O–H groups in total. The van der Waals surface area contributed by atoms with Crippen LogP contribution in [0.4, 0.5) is 0 Å². The molecule has 0 aromatic carbocycles. The fourth-order valence-corrected chi connectivity index (χ4v) is 5.85. The van der Waals surface area contributed by atoms with Gasteiger partial charge in [0.1, 0.15) is 0 Å². The number of guanidine groups is 1. The smallest absolute Gasteiger partial charge is 0.193 e. The fourth-order valence-electron chi connectivity index (χ4n) is 4.29. The molecule has 1 saturated carbocycles. The minimum atomic E-state index is 0.516. The van der Waals surface area contributed by atoms with Gasteiger partial charge in [-0.2, -0.15) is 11.8 Å². The summed E-state index contributed by atoms with van der Waals surface area (Å²) in [5.74, 6) is 3.18. The van der Waals surface area contributed by atoms with Crippen molar-refractivity contribution in [3.63, 3.8) is 0 Å². The zero-order chi connectivity index (χ0) is 15.4. The summed E-state index contributed by atoms with van der Waals surface area (Å²) in [4.78, 5) is 9.54. The van der Waals surface area contributed by atoms with Crippen LogP contribution < -0.4 is 5.32 Å². The molecule has 2 heterocycles. The first kappa shape index (κ1) is 16.4. The van der Waals surface area contributed by atoms with Gasteiger partial charge in [0.15, 0.2) is 5.96 Å². The van der Waals surface area contributed by atoms with E-state index >= 15 is 0 Å². The van der Waals surface area contributed by atoms with E-state index in [9.17, 15) is 0 Å². The summed E-state index contributed by atoms with van der Waals surface area (Å²) in [6.07, 6.45) is 8.39. The molecule has 0 aromatic rings. The lowest BCUT2D eigenvalue weighted by Gasteiger charge is -2.45. The van der Waals surface area contributed by atoms with Gasteiger partial charge in [-0.3, -0.25) is 4.99 Å². The Hall–Kier alpha value is -0.420. The van der Waals surface area contributed by atoms with Crippen molar-refractivity contribution in [2.45, 2.75) is 43.3 Å². The van der Waals surface area contributed by atoms with Crippen molar-refractivity contribution in [2.75, 3.05) is 52.6 Å².